The lowest BCUT2D eigenvalue weighted by molar-refractivity contribution is 0.0772. The third kappa shape index (κ3) is 2.44. The number of nitrogens with zero attached hydrogens (tertiary/aromatic N) is 1. The molecule has 1 aliphatic rings. The summed E-state index contributed by atoms with van der Waals surface area (Å²) >= 11 is 7.79. The molecule has 16 heavy (non-hydrogen) atoms. The van der Waals surface area contributed by atoms with Gasteiger partial charge in [-0.1, -0.05) is 11.6 Å². The van der Waals surface area contributed by atoms with Crippen molar-refractivity contribution in [1.29, 1.82) is 0 Å². The summed E-state index contributed by atoms with van der Waals surface area (Å²) in [5.41, 5.74) is 0.383. The Balaban J connectivity index is 2.22. The Morgan fingerprint density at radius 2 is 2.06 bits per heavy atom. The number of amides is 1. The van der Waals surface area contributed by atoms with Crippen molar-refractivity contribution in [3.05, 3.63) is 28.8 Å². The summed E-state index contributed by atoms with van der Waals surface area (Å²) in [7, 11) is 0. The minimum absolute atomic E-state index is 0.0686. The molecule has 1 aromatic carbocycles. The van der Waals surface area contributed by atoms with Gasteiger partial charge in [0.1, 0.15) is 5.75 Å². The van der Waals surface area contributed by atoms with Crippen molar-refractivity contribution >= 4 is 29.3 Å². The highest BCUT2D eigenvalue weighted by Gasteiger charge is 2.20. The van der Waals surface area contributed by atoms with Crippen molar-refractivity contribution in [2.75, 3.05) is 24.6 Å². The number of phenolic OH excluding ortho intramolecular Hbond substituents is 1. The molecule has 1 aliphatic heterocycles. The van der Waals surface area contributed by atoms with E-state index in [1.807, 2.05) is 11.8 Å². The summed E-state index contributed by atoms with van der Waals surface area (Å²) in [6.07, 6.45) is 0. The molecule has 1 N–H and O–H groups in total. The molecule has 0 unspecified atom stereocenters. The van der Waals surface area contributed by atoms with Crippen LogP contribution in [0.4, 0.5) is 0 Å². The number of phenols is 1. The second-order valence-corrected chi connectivity index (χ2v) is 5.20. The lowest BCUT2D eigenvalue weighted by atomic mass is 10.2. The van der Waals surface area contributed by atoms with Gasteiger partial charge >= 0.3 is 0 Å². The van der Waals surface area contributed by atoms with Crippen molar-refractivity contribution in [3.8, 4) is 5.75 Å². The highest BCUT2D eigenvalue weighted by atomic mass is 35.5. The summed E-state index contributed by atoms with van der Waals surface area (Å²) < 4.78 is 0. The predicted octanol–water partition coefficient (Wildman–Crippen LogP) is 2.23. The zero-order valence-corrected chi connectivity index (χ0v) is 10.2. The number of carbonyl (C=O) groups excluding carboxylic acids is 1. The van der Waals surface area contributed by atoms with Crippen molar-refractivity contribution in [1.82, 2.24) is 4.90 Å². The predicted molar refractivity (Wildman–Crippen MR) is 66.3 cm³/mol. The number of rotatable bonds is 1. The average Bonchev–Trinajstić information content (AvgIpc) is 2.32. The molecule has 0 aliphatic carbocycles. The molecule has 1 aromatic rings. The van der Waals surface area contributed by atoms with Crippen LogP contribution in [0.1, 0.15) is 10.4 Å². The first-order valence-corrected chi connectivity index (χ1v) is 6.57. The van der Waals surface area contributed by atoms with Crippen molar-refractivity contribution in [3.63, 3.8) is 0 Å². The van der Waals surface area contributed by atoms with Crippen LogP contribution >= 0.6 is 23.4 Å². The Morgan fingerprint density at radius 1 is 1.38 bits per heavy atom. The molecule has 0 aromatic heterocycles. The molecule has 0 atom stereocenters. The van der Waals surface area contributed by atoms with Crippen LogP contribution in [0.2, 0.25) is 5.02 Å². The highest BCUT2D eigenvalue weighted by Crippen LogP contribution is 2.23. The smallest absolute Gasteiger partial charge is 0.255 e. The van der Waals surface area contributed by atoms with Gasteiger partial charge in [0.05, 0.1) is 10.6 Å². The van der Waals surface area contributed by atoms with E-state index in [0.29, 0.717) is 10.6 Å². The third-order valence-corrected chi connectivity index (χ3v) is 3.75. The fourth-order valence-corrected chi connectivity index (χ4v) is 2.72. The van der Waals surface area contributed by atoms with Crippen LogP contribution in [-0.4, -0.2) is 40.5 Å². The van der Waals surface area contributed by atoms with Gasteiger partial charge in [0, 0.05) is 24.6 Å². The van der Waals surface area contributed by atoms with Gasteiger partial charge in [-0.05, 0) is 18.2 Å². The van der Waals surface area contributed by atoms with Gasteiger partial charge in [-0.3, -0.25) is 4.79 Å². The van der Waals surface area contributed by atoms with E-state index in [0.717, 1.165) is 24.6 Å². The lowest BCUT2D eigenvalue weighted by Gasteiger charge is -2.26. The van der Waals surface area contributed by atoms with E-state index >= 15 is 0 Å². The second-order valence-electron chi connectivity index (χ2n) is 3.57. The zero-order chi connectivity index (χ0) is 11.5. The first-order valence-electron chi connectivity index (χ1n) is 5.04. The number of halogens is 1. The van der Waals surface area contributed by atoms with E-state index < -0.39 is 0 Å². The summed E-state index contributed by atoms with van der Waals surface area (Å²) in [5.74, 6) is 1.89. The Kier molecular flexibility index (Phi) is 3.61. The van der Waals surface area contributed by atoms with Crippen LogP contribution in [0.3, 0.4) is 0 Å². The van der Waals surface area contributed by atoms with Gasteiger partial charge in [0.25, 0.3) is 5.91 Å². The average molecular weight is 258 g/mol. The normalized spacial score (nSPS) is 16.2. The van der Waals surface area contributed by atoms with Crippen molar-refractivity contribution in [2.45, 2.75) is 0 Å². The second kappa shape index (κ2) is 4.97. The maximum absolute atomic E-state index is 12.1. The van der Waals surface area contributed by atoms with E-state index in [4.69, 9.17) is 11.6 Å². The van der Waals surface area contributed by atoms with E-state index in [-0.39, 0.29) is 11.7 Å². The van der Waals surface area contributed by atoms with Gasteiger partial charge in [-0.2, -0.15) is 11.8 Å². The maximum Gasteiger partial charge on any atom is 0.255 e. The van der Waals surface area contributed by atoms with Gasteiger partial charge in [0.2, 0.25) is 0 Å². The zero-order valence-electron chi connectivity index (χ0n) is 8.65. The SMILES string of the molecule is O=C(c1cc(O)ccc1Cl)N1CCSCC1. The maximum atomic E-state index is 12.1. The molecule has 5 heteroatoms. The fourth-order valence-electron chi connectivity index (χ4n) is 1.61. The number of aromatic hydroxyl groups is 1. The number of hydrogen-bond acceptors (Lipinski definition) is 3. The third-order valence-electron chi connectivity index (χ3n) is 2.48. The number of thioether (sulfide) groups is 1. The summed E-state index contributed by atoms with van der Waals surface area (Å²) in [5, 5.41) is 9.74. The molecule has 3 nitrogen and oxygen atoms in total. The van der Waals surface area contributed by atoms with Crippen LogP contribution in [0, 0.1) is 0 Å². The Morgan fingerprint density at radius 3 is 2.75 bits per heavy atom. The van der Waals surface area contributed by atoms with Crippen LogP contribution < -0.4 is 0 Å². The topological polar surface area (TPSA) is 40.5 Å². The van der Waals surface area contributed by atoms with Crippen LogP contribution in [0.25, 0.3) is 0 Å². The van der Waals surface area contributed by atoms with E-state index in [2.05, 4.69) is 0 Å². The molecule has 0 radical (unpaired) electrons. The standard InChI is InChI=1S/C11H12ClNO2S/c12-10-2-1-8(14)7-9(10)11(15)13-3-5-16-6-4-13/h1-2,7,14H,3-6H2. The molecule has 0 spiro atoms. The first-order chi connectivity index (χ1) is 7.68. The molecule has 1 heterocycles. The highest BCUT2D eigenvalue weighted by molar-refractivity contribution is 7.99. The van der Waals surface area contributed by atoms with E-state index in [1.165, 1.54) is 12.1 Å². The molecular weight excluding hydrogens is 246 g/mol. The van der Waals surface area contributed by atoms with E-state index in [1.54, 1.807) is 11.0 Å². The number of benzene rings is 1. The molecule has 1 amide bonds. The molecule has 0 saturated carbocycles. The first kappa shape index (κ1) is 11.6. The molecule has 2 rings (SSSR count). The van der Waals surface area contributed by atoms with Crippen molar-refractivity contribution < 1.29 is 9.90 Å². The van der Waals surface area contributed by atoms with E-state index in [9.17, 15) is 9.90 Å². The monoisotopic (exact) mass is 257 g/mol. The largest absolute Gasteiger partial charge is 0.508 e. The lowest BCUT2D eigenvalue weighted by Crippen LogP contribution is -2.38. The van der Waals surface area contributed by atoms with Gasteiger partial charge in [-0.15, -0.1) is 0 Å². The van der Waals surface area contributed by atoms with Gasteiger partial charge < -0.3 is 10.0 Å². The molecular formula is C11H12ClNO2S. The quantitative estimate of drug-likeness (QED) is 0.839. The van der Waals surface area contributed by atoms with Crippen LogP contribution in [0.15, 0.2) is 18.2 Å². The van der Waals surface area contributed by atoms with Gasteiger partial charge in [0.15, 0.2) is 0 Å². The summed E-state index contributed by atoms with van der Waals surface area (Å²) in [4.78, 5) is 13.9. The minimum Gasteiger partial charge on any atom is -0.508 e. The molecule has 1 saturated heterocycles. The van der Waals surface area contributed by atoms with Crippen LogP contribution in [0.5, 0.6) is 5.75 Å². The fraction of sp³-hybridized carbons (Fsp3) is 0.364. The Labute approximate surface area is 103 Å². The molecule has 1 fully saturated rings. The summed E-state index contributed by atoms with van der Waals surface area (Å²) in [6.45, 7) is 1.49. The van der Waals surface area contributed by atoms with Crippen LogP contribution in [-0.2, 0) is 0 Å². The van der Waals surface area contributed by atoms with Crippen molar-refractivity contribution in [2.24, 2.45) is 0 Å². The number of carbonyl (C=O) groups is 1. The Hall–Kier alpha value is -0.870. The Bertz CT molecular complexity index is 405. The minimum atomic E-state index is -0.0961. The summed E-state index contributed by atoms with van der Waals surface area (Å²) in [6, 6.07) is 4.44. The number of hydrogen-bond donors (Lipinski definition) is 1. The van der Waals surface area contributed by atoms with Gasteiger partial charge in [-0.25, -0.2) is 0 Å². The molecule has 0 bridgehead atoms. The molecule has 86 valence electrons.